The first-order chi connectivity index (χ1) is 7.29. The zero-order chi connectivity index (χ0) is 10.7. The van der Waals surface area contributed by atoms with Crippen LogP contribution in [0.4, 0.5) is 0 Å². The third kappa shape index (κ3) is 2.71. The lowest BCUT2D eigenvalue weighted by atomic mass is 9.75. The van der Waals surface area contributed by atoms with E-state index in [9.17, 15) is 4.79 Å². The van der Waals surface area contributed by atoms with E-state index in [4.69, 9.17) is 4.74 Å². The van der Waals surface area contributed by atoms with E-state index in [-0.39, 0.29) is 5.97 Å². The largest absolute Gasteiger partial charge is 0.468 e. The third-order valence-electron chi connectivity index (χ3n) is 3.96. The van der Waals surface area contributed by atoms with Crippen molar-refractivity contribution in [3.8, 4) is 0 Å². The van der Waals surface area contributed by atoms with Gasteiger partial charge in [-0.15, -0.1) is 0 Å². The molecule has 0 N–H and O–H groups in total. The highest BCUT2D eigenvalue weighted by Crippen LogP contribution is 2.35. The Kier molecular flexibility index (Phi) is 3.62. The van der Waals surface area contributed by atoms with Gasteiger partial charge >= 0.3 is 5.97 Å². The topological polar surface area (TPSA) is 29.5 Å². The van der Waals surface area contributed by atoms with Crippen molar-refractivity contribution in [1.29, 1.82) is 0 Å². The quantitative estimate of drug-likeness (QED) is 0.651. The van der Waals surface area contributed by atoms with Gasteiger partial charge in [-0.3, -0.25) is 9.69 Å². The predicted octanol–water partition coefficient (Wildman–Crippen LogP) is 1.67. The van der Waals surface area contributed by atoms with E-state index in [1.54, 1.807) is 0 Å². The number of hydrogen-bond acceptors (Lipinski definition) is 3. The zero-order valence-electron chi connectivity index (χ0n) is 9.58. The van der Waals surface area contributed by atoms with E-state index >= 15 is 0 Å². The van der Waals surface area contributed by atoms with Crippen LogP contribution in [0.3, 0.4) is 0 Å². The summed E-state index contributed by atoms with van der Waals surface area (Å²) in [5.41, 5.74) is 0. The highest BCUT2D eigenvalue weighted by atomic mass is 16.5. The number of carbonyl (C=O) groups excluding carboxylic acids is 1. The molecule has 3 nitrogen and oxygen atoms in total. The number of rotatable bonds is 2. The van der Waals surface area contributed by atoms with Gasteiger partial charge in [-0.25, -0.2) is 0 Å². The second-order valence-corrected chi connectivity index (χ2v) is 4.90. The molecule has 0 aromatic rings. The summed E-state index contributed by atoms with van der Waals surface area (Å²) in [6.07, 6.45) is 6.85. The number of likely N-dealkylation sites (tertiary alicyclic amines) is 1. The molecule has 1 saturated carbocycles. The van der Waals surface area contributed by atoms with E-state index in [2.05, 4.69) is 4.90 Å². The Labute approximate surface area is 91.8 Å². The number of methoxy groups -OCH3 is 1. The van der Waals surface area contributed by atoms with E-state index in [1.807, 2.05) is 0 Å². The maximum absolute atomic E-state index is 11.2. The molecule has 0 spiro atoms. The van der Waals surface area contributed by atoms with Crippen LogP contribution in [-0.2, 0) is 9.53 Å². The molecule has 1 heterocycles. The second kappa shape index (κ2) is 4.97. The van der Waals surface area contributed by atoms with Gasteiger partial charge in [0.15, 0.2) is 0 Å². The Hall–Kier alpha value is -0.570. The first-order valence-corrected chi connectivity index (χ1v) is 6.09. The molecule has 86 valence electrons. The maximum atomic E-state index is 11.2. The average Bonchev–Trinajstić information content (AvgIpc) is 2.29. The van der Waals surface area contributed by atoms with Crippen molar-refractivity contribution in [2.45, 2.75) is 32.1 Å². The monoisotopic (exact) mass is 211 g/mol. The van der Waals surface area contributed by atoms with Gasteiger partial charge in [0, 0.05) is 6.54 Å². The van der Waals surface area contributed by atoms with Crippen LogP contribution in [0, 0.1) is 11.8 Å². The molecule has 2 rings (SSSR count). The number of fused-ring (bicyclic) bond motifs is 1. The van der Waals surface area contributed by atoms with Gasteiger partial charge in [0.25, 0.3) is 0 Å². The average molecular weight is 211 g/mol. The Morgan fingerprint density at radius 2 is 2.00 bits per heavy atom. The molecular weight excluding hydrogens is 190 g/mol. The van der Waals surface area contributed by atoms with Crippen LogP contribution in [0.2, 0.25) is 0 Å². The summed E-state index contributed by atoms with van der Waals surface area (Å²) in [6, 6.07) is 0. The lowest BCUT2D eigenvalue weighted by Crippen LogP contribution is -2.44. The van der Waals surface area contributed by atoms with Gasteiger partial charge in [-0.1, -0.05) is 19.3 Å². The fraction of sp³-hybridized carbons (Fsp3) is 0.917. The summed E-state index contributed by atoms with van der Waals surface area (Å²) in [4.78, 5) is 13.4. The molecule has 2 unspecified atom stereocenters. The lowest BCUT2D eigenvalue weighted by molar-refractivity contribution is -0.142. The third-order valence-corrected chi connectivity index (χ3v) is 3.96. The summed E-state index contributed by atoms with van der Waals surface area (Å²) < 4.78 is 4.71. The molecule has 3 heteroatoms. The van der Waals surface area contributed by atoms with Crippen LogP contribution in [0.15, 0.2) is 0 Å². The van der Waals surface area contributed by atoms with Gasteiger partial charge in [-0.05, 0) is 31.2 Å². The summed E-state index contributed by atoms with van der Waals surface area (Å²) in [6.45, 7) is 2.68. The van der Waals surface area contributed by atoms with Crippen LogP contribution in [0.1, 0.15) is 32.1 Å². The summed E-state index contributed by atoms with van der Waals surface area (Å²) >= 11 is 0. The molecule has 0 aromatic heterocycles. The van der Waals surface area contributed by atoms with Crippen LogP contribution in [0.25, 0.3) is 0 Å². The van der Waals surface area contributed by atoms with Crippen molar-refractivity contribution >= 4 is 5.97 Å². The fourth-order valence-electron chi connectivity index (χ4n) is 3.07. The molecule has 0 radical (unpaired) electrons. The number of carbonyl (C=O) groups is 1. The number of hydrogen-bond donors (Lipinski definition) is 0. The van der Waals surface area contributed by atoms with Crippen molar-refractivity contribution in [3.63, 3.8) is 0 Å². The molecule has 1 aliphatic heterocycles. The van der Waals surface area contributed by atoms with Gasteiger partial charge in [-0.2, -0.15) is 0 Å². The molecule has 0 amide bonds. The van der Waals surface area contributed by atoms with Gasteiger partial charge in [0.2, 0.25) is 0 Å². The standard InChI is InChI=1S/C12H21NO2/c1-15-12(14)9-13-7-6-10-4-2-3-5-11(10)8-13/h10-11H,2-9H2,1H3. The SMILES string of the molecule is COC(=O)CN1CCC2CCCCC2C1. The van der Waals surface area contributed by atoms with Crippen molar-refractivity contribution in [2.75, 3.05) is 26.7 Å². The highest BCUT2D eigenvalue weighted by molar-refractivity contribution is 5.71. The summed E-state index contributed by atoms with van der Waals surface area (Å²) in [7, 11) is 1.47. The minimum absolute atomic E-state index is 0.0933. The summed E-state index contributed by atoms with van der Waals surface area (Å²) in [5.74, 6) is 1.69. The summed E-state index contributed by atoms with van der Waals surface area (Å²) in [5, 5.41) is 0. The number of esters is 1. The maximum Gasteiger partial charge on any atom is 0.319 e. The molecule has 0 bridgehead atoms. The molecule has 1 saturated heterocycles. The first-order valence-electron chi connectivity index (χ1n) is 6.09. The van der Waals surface area contributed by atoms with E-state index in [0.29, 0.717) is 6.54 Å². The number of ether oxygens (including phenoxy) is 1. The fourth-order valence-corrected chi connectivity index (χ4v) is 3.07. The molecule has 2 aliphatic rings. The van der Waals surface area contributed by atoms with Gasteiger partial charge in [0.1, 0.15) is 0 Å². The second-order valence-electron chi connectivity index (χ2n) is 4.90. The molecule has 15 heavy (non-hydrogen) atoms. The van der Waals surface area contributed by atoms with E-state index < -0.39 is 0 Å². The zero-order valence-corrected chi connectivity index (χ0v) is 9.58. The predicted molar refractivity (Wildman–Crippen MR) is 58.5 cm³/mol. The normalized spacial score (nSPS) is 32.1. The highest BCUT2D eigenvalue weighted by Gasteiger charge is 2.31. The minimum atomic E-state index is -0.0933. The van der Waals surface area contributed by atoms with Crippen LogP contribution < -0.4 is 0 Å². The number of nitrogens with zero attached hydrogens (tertiary/aromatic N) is 1. The smallest absolute Gasteiger partial charge is 0.319 e. The van der Waals surface area contributed by atoms with E-state index in [1.165, 1.54) is 39.2 Å². The molecule has 0 aromatic carbocycles. The van der Waals surface area contributed by atoms with Crippen molar-refractivity contribution in [3.05, 3.63) is 0 Å². The molecule has 2 atom stereocenters. The van der Waals surface area contributed by atoms with Gasteiger partial charge < -0.3 is 4.74 Å². The van der Waals surface area contributed by atoms with Crippen molar-refractivity contribution in [1.82, 2.24) is 4.90 Å². The van der Waals surface area contributed by atoms with Crippen molar-refractivity contribution < 1.29 is 9.53 Å². The van der Waals surface area contributed by atoms with Crippen LogP contribution in [0.5, 0.6) is 0 Å². The Morgan fingerprint density at radius 1 is 1.27 bits per heavy atom. The molecule has 1 aliphatic carbocycles. The first kappa shape index (κ1) is 10.9. The Bertz CT molecular complexity index is 230. The van der Waals surface area contributed by atoms with Crippen LogP contribution in [-0.4, -0.2) is 37.6 Å². The molecule has 2 fully saturated rings. The minimum Gasteiger partial charge on any atom is -0.468 e. The lowest BCUT2D eigenvalue weighted by Gasteiger charge is -2.40. The Morgan fingerprint density at radius 3 is 2.73 bits per heavy atom. The molecular formula is C12H21NO2. The van der Waals surface area contributed by atoms with Gasteiger partial charge in [0.05, 0.1) is 13.7 Å². The van der Waals surface area contributed by atoms with Crippen molar-refractivity contribution in [2.24, 2.45) is 11.8 Å². The number of piperidine rings is 1. The van der Waals surface area contributed by atoms with Crippen LogP contribution >= 0.6 is 0 Å². The van der Waals surface area contributed by atoms with E-state index in [0.717, 1.165) is 24.9 Å². The Balaban J connectivity index is 1.83.